The van der Waals surface area contributed by atoms with E-state index in [0.29, 0.717) is 6.54 Å². The summed E-state index contributed by atoms with van der Waals surface area (Å²) in [7, 11) is 1.55. The number of hydrogen-bond donors (Lipinski definition) is 2. The molecular formula is C11H21NO4. The molecule has 1 fully saturated rings. The molecule has 2 N–H and O–H groups in total. The van der Waals surface area contributed by atoms with Gasteiger partial charge >= 0.3 is 6.09 Å². The molecule has 3 unspecified atom stereocenters. The van der Waals surface area contributed by atoms with Crippen molar-refractivity contribution < 1.29 is 19.7 Å². The lowest BCUT2D eigenvalue weighted by Gasteiger charge is -2.36. The third-order valence-electron chi connectivity index (χ3n) is 3.24. The first-order valence-electron chi connectivity index (χ1n) is 5.46. The molecule has 0 saturated carbocycles. The molecule has 94 valence electrons. The molecule has 5 heteroatoms. The Morgan fingerprint density at radius 1 is 1.50 bits per heavy atom. The Bertz CT molecular complexity index is 261. The summed E-state index contributed by atoms with van der Waals surface area (Å²) in [6.45, 7) is 6.22. The Morgan fingerprint density at radius 3 is 2.38 bits per heavy atom. The highest BCUT2D eigenvalue weighted by Gasteiger charge is 2.49. The molecule has 0 spiro atoms. The van der Waals surface area contributed by atoms with Crippen LogP contribution in [0.25, 0.3) is 0 Å². The molecule has 1 amide bonds. The Hall–Kier alpha value is -0.810. The lowest BCUT2D eigenvalue weighted by Crippen LogP contribution is -2.46. The molecule has 1 aliphatic rings. The van der Waals surface area contributed by atoms with E-state index in [1.54, 1.807) is 7.11 Å². The highest BCUT2D eigenvalue weighted by atomic mass is 16.5. The average Bonchev–Trinajstić information content (AvgIpc) is 2.55. The first kappa shape index (κ1) is 13.3. The lowest BCUT2D eigenvalue weighted by molar-refractivity contribution is 0.0312. The summed E-state index contributed by atoms with van der Waals surface area (Å²) < 4.78 is 5.26. The minimum atomic E-state index is -0.946. The van der Waals surface area contributed by atoms with Crippen LogP contribution in [0, 0.1) is 11.3 Å². The number of amides is 1. The Kier molecular flexibility index (Phi) is 3.80. The van der Waals surface area contributed by atoms with Crippen molar-refractivity contribution >= 4 is 6.09 Å². The molecule has 1 heterocycles. The van der Waals surface area contributed by atoms with E-state index < -0.39 is 6.09 Å². The SMILES string of the molecule is COC1CN(C(=O)O)C(C(C)(C)C)C1CO. The molecule has 16 heavy (non-hydrogen) atoms. The average molecular weight is 231 g/mol. The van der Waals surface area contributed by atoms with Gasteiger partial charge in [-0.3, -0.25) is 0 Å². The highest BCUT2D eigenvalue weighted by molar-refractivity contribution is 5.66. The molecular weight excluding hydrogens is 210 g/mol. The van der Waals surface area contributed by atoms with Crippen molar-refractivity contribution in [3.63, 3.8) is 0 Å². The van der Waals surface area contributed by atoms with Crippen LogP contribution in [0.15, 0.2) is 0 Å². The topological polar surface area (TPSA) is 70.0 Å². The molecule has 0 bridgehead atoms. The van der Waals surface area contributed by atoms with Crippen LogP contribution < -0.4 is 0 Å². The van der Waals surface area contributed by atoms with Crippen LogP contribution in [-0.4, -0.2) is 53.6 Å². The Labute approximate surface area is 96.0 Å². The van der Waals surface area contributed by atoms with Gasteiger partial charge < -0.3 is 19.8 Å². The summed E-state index contributed by atoms with van der Waals surface area (Å²) in [5.41, 5.74) is -0.209. The molecule has 0 aromatic carbocycles. The van der Waals surface area contributed by atoms with Gasteiger partial charge in [0, 0.05) is 19.1 Å². The van der Waals surface area contributed by atoms with Crippen molar-refractivity contribution in [1.82, 2.24) is 4.90 Å². The minimum Gasteiger partial charge on any atom is -0.465 e. The van der Waals surface area contributed by atoms with Crippen LogP contribution in [0.3, 0.4) is 0 Å². The number of rotatable bonds is 2. The van der Waals surface area contributed by atoms with Crippen molar-refractivity contribution in [2.45, 2.75) is 32.9 Å². The zero-order valence-electron chi connectivity index (χ0n) is 10.3. The molecule has 0 aliphatic carbocycles. The van der Waals surface area contributed by atoms with Gasteiger partial charge in [0.05, 0.1) is 19.3 Å². The van der Waals surface area contributed by atoms with Crippen molar-refractivity contribution in [2.75, 3.05) is 20.3 Å². The van der Waals surface area contributed by atoms with Gasteiger partial charge in [-0.25, -0.2) is 4.79 Å². The zero-order chi connectivity index (χ0) is 12.5. The number of likely N-dealkylation sites (tertiary alicyclic amines) is 1. The number of hydrogen-bond acceptors (Lipinski definition) is 3. The fraction of sp³-hybridized carbons (Fsp3) is 0.909. The number of ether oxygens (including phenoxy) is 1. The Morgan fingerprint density at radius 2 is 2.06 bits per heavy atom. The normalized spacial score (nSPS) is 30.8. The lowest BCUT2D eigenvalue weighted by atomic mass is 9.79. The van der Waals surface area contributed by atoms with Gasteiger partial charge in [-0.15, -0.1) is 0 Å². The first-order valence-corrected chi connectivity index (χ1v) is 5.46. The molecule has 1 aliphatic heterocycles. The van der Waals surface area contributed by atoms with Gasteiger partial charge in [0.15, 0.2) is 0 Å². The van der Waals surface area contributed by atoms with Gasteiger partial charge in [0.1, 0.15) is 0 Å². The fourth-order valence-corrected chi connectivity index (χ4v) is 2.65. The molecule has 0 radical (unpaired) electrons. The van der Waals surface area contributed by atoms with Gasteiger partial charge in [0.2, 0.25) is 0 Å². The standard InChI is InChI=1S/C11H21NO4/c1-11(2,3)9-7(6-13)8(16-4)5-12(9)10(14)15/h7-9,13H,5-6H2,1-4H3,(H,14,15). The van der Waals surface area contributed by atoms with Gasteiger partial charge in [-0.05, 0) is 5.41 Å². The predicted molar refractivity (Wildman–Crippen MR) is 59.3 cm³/mol. The van der Waals surface area contributed by atoms with Gasteiger partial charge in [-0.1, -0.05) is 20.8 Å². The monoisotopic (exact) mass is 231 g/mol. The van der Waals surface area contributed by atoms with E-state index in [2.05, 4.69) is 0 Å². The first-order chi connectivity index (χ1) is 7.32. The number of carbonyl (C=O) groups is 1. The smallest absolute Gasteiger partial charge is 0.407 e. The summed E-state index contributed by atoms with van der Waals surface area (Å²) in [5, 5.41) is 18.6. The quantitative estimate of drug-likeness (QED) is 0.744. The third kappa shape index (κ3) is 2.30. The van der Waals surface area contributed by atoms with E-state index in [9.17, 15) is 9.90 Å². The summed E-state index contributed by atoms with van der Waals surface area (Å²) in [6.07, 6.45) is -1.16. The van der Waals surface area contributed by atoms with Crippen molar-refractivity contribution in [2.24, 2.45) is 11.3 Å². The van der Waals surface area contributed by atoms with Crippen molar-refractivity contribution in [1.29, 1.82) is 0 Å². The van der Waals surface area contributed by atoms with Crippen LogP contribution >= 0.6 is 0 Å². The second kappa shape index (κ2) is 4.59. The largest absolute Gasteiger partial charge is 0.465 e. The van der Waals surface area contributed by atoms with E-state index in [-0.39, 0.29) is 30.1 Å². The van der Waals surface area contributed by atoms with E-state index in [1.165, 1.54) is 4.90 Å². The maximum atomic E-state index is 11.2. The highest BCUT2D eigenvalue weighted by Crippen LogP contribution is 2.37. The molecule has 3 atom stereocenters. The number of aliphatic hydroxyl groups excluding tert-OH is 1. The number of carboxylic acid groups (broad SMARTS) is 1. The molecule has 5 nitrogen and oxygen atoms in total. The van der Waals surface area contributed by atoms with Crippen LogP contribution in [0.1, 0.15) is 20.8 Å². The fourth-order valence-electron chi connectivity index (χ4n) is 2.65. The van der Waals surface area contributed by atoms with Gasteiger partial charge in [-0.2, -0.15) is 0 Å². The molecule has 0 aromatic rings. The second-order valence-corrected chi connectivity index (χ2v) is 5.37. The number of methoxy groups -OCH3 is 1. The van der Waals surface area contributed by atoms with E-state index in [0.717, 1.165) is 0 Å². The maximum Gasteiger partial charge on any atom is 0.407 e. The van der Waals surface area contributed by atoms with Crippen LogP contribution in [0.4, 0.5) is 4.79 Å². The van der Waals surface area contributed by atoms with Crippen LogP contribution in [0.2, 0.25) is 0 Å². The number of aliphatic hydroxyl groups is 1. The molecule has 1 saturated heterocycles. The van der Waals surface area contributed by atoms with Crippen LogP contribution in [-0.2, 0) is 4.74 Å². The second-order valence-electron chi connectivity index (χ2n) is 5.37. The Balaban J connectivity index is 3.00. The molecule has 0 aromatic heterocycles. The van der Waals surface area contributed by atoms with Crippen molar-refractivity contribution in [3.05, 3.63) is 0 Å². The van der Waals surface area contributed by atoms with E-state index in [4.69, 9.17) is 9.84 Å². The third-order valence-corrected chi connectivity index (χ3v) is 3.24. The predicted octanol–water partition coefficient (Wildman–Crippen LogP) is 1.02. The summed E-state index contributed by atoms with van der Waals surface area (Å²) in [4.78, 5) is 12.6. The van der Waals surface area contributed by atoms with Crippen LogP contribution in [0.5, 0.6) is 0 Å². The van der Waals surface area contributed by atoms with E-state index in [1.807, 2.05) is 20.8 Å². The molecule has 1 rings (SSSR count). The summed E-state index contributed by atoms with van der Waals surface area (Å²) in [6, 6.07) is -0.208. The van der Waals surface area contributed by atoms with Crippen molar-refractivity contribution in [3.8, 4) is 0 Å². The number of nitrogens with zero attached hydrogens (tertiary/aromatic N) is 1. The van der Waals surface area contributed by atoms with E-state index >= 15 is 0 Å². The van der Waals surface area contributed by atoms with Gasteiger partial charge in [0.25, 0.3) is 0 Å². The maximum absolute atomic E-state index is 11.2. The summed E-state index contributed by atoms with van der Waals surface area (Å²) in [5.74, 6) is -0.152. The summed E-state index contributed by atoms with van der Waals surface area (Å²) >= 11 is 0. The minimum absolute atomic E-state index is 0.0514. The zero-order valence-corrected chi connectivity index (χ0v) is 10.3.